The normalized spacial score (nSPS) is 10.6. The molecule has 0 saturated heterocycles. The van der Waals surface area contributed by atoms with Crippen molar-refractivity contribution in [2.45, 2.75) is 19.4 Å². The molecule has 0 unspecified atom stereocenters. The molecule has 0 atom stereocenters. The number of fused-ring (bicyclic) bond motifs is 1. The molecule has 3 aromatic rings. The highest BCUT2D eigenvalue weighted by Gasteiger charge is 2.10. The zero-order valence-corrected chi connectivity index (χ0v) is 13.9. The Kier molecular flexibility index (Phi) is 5.23. The first-order valence-corrected chi connectivity index (χ1v) is 7.97. The molecular formula is C20H18FNO3. The fourth-order valence-electron chi connectivity index (χ4n) is 2.71. The fourth-order valence-corrected chi connectivity index (χ4v) is 2.71. The van der Waals surface area contributed by atoms with Gasteiger partial charge < -0.3 is 9.47 Å². The summed E-state index contributed by atoms with van der Waals surface area (Å²) in [6.07, 6.45) is 4.33. The lowest BCUT2D eigenvalue weighted by molar-refractivity contribution is -0.144. The van der Waals surface area contributed by atoms with Crippen molar-refractivity contribution < 1.29 is 18.7 Å². The standard InChI is InChI=1S/C20H18FNO3/c1-24-19-8-7-17(21)10-16(19)13-25-20(23)9-6-15-12-22-11-14-4-2-3-5-18(14)15/h2-5,7-8,10-12H,6,9,13H2,1H3. The van der Waals surface area contributed by atoms with Gasteiger partial charge in [-0.3, -0.25) is 9.78 Å². The first-order valence-electron chi connectivity index (χ1n) is 7.97. The van der Waals surface area contributed by atoms with E-state index < -0.39 is 5.82 Å². The van der Waals surface area contributed by atoms with E-state index in [1.165, 1.54) is 25.3 Å². The number of carbonyl (C=O) groups is 1. The summed E-state index contributed by atoms with van der Waals surface area (Å²) >= 11 is 0. The molecule has 0 radical (unpaired) electrons. The van der Waals surface area contributed by atoms with Gasteiger partial charge in [0.05, 0.1) is 7.11 Å². The zero-order chi connectivity index (χ0) is 17.6. The number of carbonyl (C=O) groups excluding carboxylic acids is 1. The summed E-state index contributed by atoms with van der Waals surface area (Å²) < 4.78 is 23.7. The number of ether oxygens (including phenoxy) is 2. The molecule has 3 rings (SSSR count). The molecule has 2 aromatic carbocycles. The molecule has 0 saturated carbocycles. The van der Waals surface area contributed by atoms with E-state index in [0.29, 0.717) is 17.7 Å². The van der Waals surface area contributed by atoms with Gasteiger partial charge in [0.1, 0.15) is 18.2 Å². The van der Waals surface area contributed by atoms with E-state index in [0.717, 1.165) is 16.3 Å². The third kappa shape index (κ3) is 4.12. The van der Waals surface area contributed by atoms with Crippen LogP contribution < -0.4 is 4.74 Å². The summed E-state index contributed by atoms with van der Waals surface area (Å²) in [6, 6.07) is 12.0. The van der Waals surface area contributed by atoms with Crippen LogP contribution in [0.25, 0.3) is 10.8 Å². The second-order valence-electron chi connectivity index (χ2n) is 5.64. The van der Waals surface area contributed by atoms with Crippen molar-refractivity contribution in [3.63, 3.8) is 0 Å². The monoisotopic (exact) mass is 339 g/mol. The number of methoxy groups -OCH3 is 1. The van der Waals surface area contributed by atoms with Gasteiger partial charge in [0.2, 0.25) is 0 Å². The number of aryl methyl sites for hydroxylation is 1. The van der Waals surface area contributed by atoms with Crippen molar-refractivity contribution in [3.05, 3.63) is 71.8 Å². The van der Waals surface area contributed by atoms with Crippen molar-refractivity contribution in [1.82, 2.24) is 4.98 Å². The summed E-state index contributed by atoms with van der Waals surface area (Å²) in [6.45, 7) is -0.0203. The number of nitrogens with zero attached hydrogens (tertiary/aromatic N) is 1. The topological polar surface area (TPSA) is 48.4 Å². The lowest BCUT2D eigenvalue weighted by atomic mass is 10.0. The third-order valence-corrected chi connectivity index (χ3v) is 3.98. The maximum atomic E-state index is 13.3. The Morgan fingerprint density at radius 3 is 2.80 bits per heavy atom. The van der Waals surface area contributed by atoms with E-state index in [-0.39, 0.29) is 19.0 Å². The largest absolute Gasteiger partial charge is 0.496 e. The summed E-state index contributed by atoms with van der Waals surface area (Å²) in [5, 5.41) is 2.12. The Morgan fingerprint density at radius 2 is 1.96 bits per heavy atom. The van der Waals surface area contributed by atoms with Gasteiger partial charge in [-0.2, -0.15) is 0 Å². The molecule has 1 aromatic heterocycles. The van der Waals surface area contributed by atoms with Crippen molar-refractivity contribution in [2.24, 2.45) is 0 Å². The van der Waals surface area contributed by atoms with E-state index in [2.05, 4.69) is 4.98 Å². The lowest BCUT2D eigenvalue weighted by Crippen LogP contribution is -2.07. The quantitative estimate of drug-likeness (QED) is 0.636. The Balaban J connectivity index is 1.61. The van der Waals surface area contributed by atoms with Crippen LogP contribution in [0.5, 0.6) is 5.75 Å². The van der Waals surface area contributed by atoms with Gasteiger partial charge in [-0.25, -0.2) is 4.39 Å². The Hall–Kier alpha value is -2.95. The van der Waals surface area contributed by atoms with E-state index in [1.807, 2.05) is 24.3 Å². The van der Waals surface area contributed by atoms with Gasteiger partial charge in [0.25, 0.3) is 0 Å². The first kappa shape index (κ1) is 16.9. The number of benzene rings is 2. The third-order valence-electron chi connectivity index (χ3n) is 3.98. The predicted octanol–water partition coefficient (Wildman–Crippen LogP) is 4.06. The number of aromatic nitrogens is 1. The number of halogens is 1. The van der Waals surface area contributed by atoms with Gasteiger partial charge >= 0.3 is 5.97 Å². The van der Waals surface area contributed by atoms with Crippen LogP contribution in [0.15, 0.2) is 54.9 Å². The smallest absolute Gasteiger partial charge is 0.306 e. The minimum absolute atomic E-state index is 0.0203. The van der Waals surface area contributed by atoms with Crippen LogP contribution in [0.3, 0.4) is 0 Å². The van der Waals surface area contributed by atoms with Crippen molar-refractivity contribution >= 4 is 16.7 Å². The molecule has 1 heterocycles. The Labute approximate surface area is 145 Å². The SMILES string of the molecule is COc1ccc(F)cc1COC(=O)CCc1cncc2ccccc12. The molecular weight excluding hydrogens is 321 g/mol. The van der Waals surface area contributed by atoms with Crippen molar-refractivity contribution in [3.8, 4) is 5.75 Å². The molecule has 0 spiro atoms. The van der Waals surface area contributed by atoms with Crippen LogP contribution in [0.2, 0.25) is 0 Å². The number of hydrogen-bond donors (Lipinski definition) is 0. The van der Waals surface area contributed by atoms with Crippen LogP contribution in [0, 0.1) is 5.82 Å². The summed E-state index contributed by atoms with van der Waals surface area (Å²) in [4.78, 5) is 16.2. The lowest BCUT2D eigenvalue weighted by Gasteiger charge is -2.10. The van der Waals surface area contributed by atoms with Crippen molar-refractivity contribution in [1.29, 1.82) is 0 Å². The minimum Gasteiger partial charge on any atom is -0.496 e. The van der Waals surface area contributed by atoms with Gasteiger partial charge in [0, 0.05) is 29.8 Å². The zero-order valence-electron chi connectivity index (χ0n) is 13.9. The molecule has 0 N–H and O–H groups in total. The summed E-state index contributed by atoms with van der Waals surface area (Å²) in [5.74, 6) is -0.250. The second kappa shape index (κ2) is 7.75. The first-order chi connectivity index (χ1) is 12.2. The molecule has 0 bridgehead atoms. The minimum atomic E-state index is -0.395. The maximum absolute atomic E-state index is 13.3. The van der Waals surface area contributed by atoms with Crippen LogP contribution >= 0.6 is 0 Å². The maximum Gasteiger partial charge on any atom is 0.306 e. The molecule has 4 nitrogen and oxygen atoms in total. The average molecular weight is 339 g/mol. The van der Waals surface area contributed by atoms with Crippen LogP contribution in [0.1, 0.15) is 17.5 Å². The van der Waals surface area contributed by atoms with Gasteiger partial charge in [0.15, 0.2) is 0 Å². The molecule has 5 heteroatoms. The molecule has 0 fully saturated rings. The van der Waals surface area contributed by atoms with E-state index in [1.54, 1.807) is 12.4 Å². The van der Waals surface area contributed by atoms with Gasteiger partial charge in [-0.1, -0.05) is 24.3 Å². The summed E-state index contributed by atoms with van der Waals surface area (Å²) in [5.41, 5.74) is 1.50. The predicted molar refractivity (Wildman–Crippen MR) is 92.8 cm³/mol. The van der Waals surface area contributed by atoms with E-state index >= 15 is 0 Å². The Morgan fingerprint density at radius 1 is 1.12 bits per heavy atom. The average Bonchev–Trinajstić information content (AvgIpc) is 2.64. The van der Waals surface area contributed by atoms with Crippen LogP contribution in [-0.4, -0.2) is 18.1 Å². The Bertz CT molecular complexity index is 890. The number of esters is 1. The number of hydrogen-bond acceptors (Lipinski definition) is 4. The highest BCUT2D eigenvalue weighted by atomic mass is 19.1. The molecule has 0 aliphatic heterocycles. The molecule has 0 amide bonds. The van der Waals surface area contributed by atoms with Crippen LogP contribution in [-0.2, 0) is 22.6 Å². The second-order valence-corrected chi connectivity index (χ2v) is 5.64. The van der Waals surface area contributed by atoms with E-state index in [4.69, 9.17) is 9.47 Å². The van der Waals surface area contributed by atoms with Crippen molar-refractivity contribution in [2.75, 3.05) is 7.11 Å². The molecule has 0 aliphatic carbocycles. The van der Waals surface area contributed by atoms with E-state index in [9.17, 15) is 9.18 Å². The fraction of sp³-hybridized carbons (Fsp3) is 0.200. The highest BCUT2D eigenvalue weighted by molar-refractivity contribution is 5.85. The molecule has 0 aliphatic rings. The summed E-state index contributed by atoms with van der Waals surface area (Å²) in [7, 11) is 1.49. The number of pyridine rings is 1. The highest BCUT2D eigenvalue weighted by Crippen LogP contribution is 2.21. The molecule has 25 heavy (non-hydrogen) atoms. The van der Waals surface area contributed by atoms with Gasteiger partial charge in [-0.15, -0.1) is 0 Å². The molecule has 128 valence electrons. The van der Waals surface area contributed by atoms with Gasteiger partial charge in [-0.05, 0) is 35.6 Å². The number of rotatable bonds is 6. The van der Waals surface area contributed by atoms with Crippen LogP contribution in [0.4, 0.5) is 4.39 Å².